The first-order chi connectivity index (χ1) is 19.9. The van der Waals surface area contributed by atoms with Crippen molar-refractivity contribution in [1.29, 1.82) is 0 Å². The van der Waals surface area contributed by atoms with Gasteiger partial charge in [0.25, 0.3) is 0 Å². The normalized spacial score (nSPS) is 12.7. The minimum atomic E-state index is -0.0711. The minimum absolute atomic E-state index is 0. The van der Waals surface area contributed by atoms with Crippen LogP contribution in [0.2, 0.25) is 0 Å². The molecule has 0 aliphatic rings. The van der Waals surface area contributed by atoms with E-state index in [0.29, 0.717) is 0 Å². The van der Waals surface area contributed by atoms with Gasteiger partial charge in [-0.2, -0.15) is 0 Å². The summed E-state index contributed by atoms with van der Waals surface area (Å²) < 4.78 is 0. The van der Waals surface area contributed by atoms with Crippen LogP contribution in [0.5, 0.6) is 17.2 Å². The zero-order valence-corrected chi connectivity index (χ0v) is 35.3. The summed E-state index contributed by atoms with van der Waals surface area (Å²) in [6.45, 7) is 37.4. The fourth-order valence-electron chi connectivity index (χ4n) is 5.15. The second kappa shape index (κ2) is 15.6. The smallest absolute Gasteiger partial charge is 0.872 e. The summed E-state index contributed by atoms with van der Waals surface area (Å²) in [5.74, 6) is 0.618. The molecule has 0 spiro atoms. The molecule has 3 aromatic rings. The van der Waals surface area contributed by atoms with Crippen molar-refractivity contribution in [1.82, 2.24) is 0 Å². The predicted molar refractivity (Wildman–Crippen MR) is 190 cm³/mol. The quantitative estimate of drug-likeness (QED) is 0.234. The standard InChI is InChI=1S/3C14H22O.Y/c3*1-13(2,3)10-8-7-9-11(12(10)15)14(4,5)6;/h3*7-9,15H,1-6H3;/q;;;+3/p-3. The Morgan fingerprint density at radius 2 is 0.391 bits per heavy atom. The van der Waals surface area contributed by atoms with E-state index in [1.807, 2.05) is 54.6 Å². The summed E-state index contributed by atoms with van der Waals surface area (Å²) in [6, 6.07) is 17.6. The predicted octanol–water partition coefficient (Wildman–Crippen LogP) is 10.1. The van der Waals surface area contributed by atoms with Gasteiger partial charge in [0.15, 0.2) is 0 Å². The van der Waals surface area contributed by atoms with Gasteiger partial charge >= 0.3 is 32.7 Å². The van der Waals surface area contributed by atoms with Crippen LogP contribution >= 0.6 is 0 Å². The molecule has 0 bridgehead atoms. The van der Waals surface area contributed by atoms with Crippen LogP contribution in [-0.4, -0.2) is 0 Å². The Morgan fingerprint density at radius 1 is 0.283 bits per heavy atom. The van der Waals surface area contributed by atoms with Crippen LogP contribution in [0.3, 0.4) is 0 Å². The van der Waals surface area contributed by atoms with Gasteiger partial charge in [-0.15, -0.1) is 17.2 Å². The third kappa shape index (κ3) is 12.3. The molecule has 0 N–H and O–H groups in total. The van der Waals surface area contributed by atoms with Gasteiger partial charge in [-0.3, -0.25) is 0 Å². The molecule has 46 heavy (non-hydrogen) atoms. The fraction of sp³-hybridized carbons (Fsp3) is 0.571. The van der Waals surface area contributed by atoms with Crippen molar-refractivity contribution in [2.45, 2.75) is 157 Å². The second-order valence-corrected chi connectivity index (χ2v) is 18.5. The van der Waals surface area contributed by atoms with E-state index in [4.69, 9.17) is 0 Å². The molecule has 0 aliphatic heterocycles. The molecule has 252 valence electrons. The Bertz CT molecular complexity index is 1140. The number of hydrogen-bond acceptors (Lipinski definition) is 3. The van der Waals surface area contributed by atoms with Gasteiger partial charge in [-0.1, -0.05) is 213 Å². The van der Waals surface area contributed by atoms with E-state index in [9.17, 15) is 15.3 Å². The Morgan fingerprint density at radius 3 is 0.478 bits per heavy atom. The van der Waals surface area contributed by atoms with Crippen LogP contribution in [0, 0.1) is 0 Å². The summed E-state index contributed by atoms with van der Waals surface area (Å²) in [5.41, 5.74) is 5.05. The molecule has 0 unspecified atom stereocenters. The monoisotopic (exact) mass is 704 g/mol. The largest absolute Gasteiger partial charge is 3.00 e. The molecule has 0 saturated heterocycles. The van der Waals surface area contributed by atoms with Crippen molar-refractivity contribution < 1.29 is 48.0 Å². The zero-order valence-electron chi connectivity index (χ0n) is 32.5. The molecular formula is C42H63O3Y. The first kappa shape index (κ1) is 44.2. The Hall–Kier alpha value is -1.84. The molecule has 0 aliphatic carbocycles. The third-order valence-corrected chi connectivity index (χ3v) is 7.89. The topological polar surface area (TPSA) is 69.2 Å². The van der Waals surface area contributed by atoms with Crippen molar-refractivity contribution in [3.8, 4) is 17.2 Å². The average Bonchev–Trinajstić information content (AvgIpc) is 2.81. The van der Waals surface area contributed by atoms with Gasteiger partial charge in [-0.25, -0.2) is 0 Å². The van der Waals surface area contributed by atoms with Crippen molar-refractivity contribution in [3.63, 3.8) is 0 Å². The van der Waals surface area contributed by atoms with Crippen LogP contribution in [0.15, 0.2) is 54.6 Å². The fourth-order valence-corrected chi connectivity index (χ4v) is 5.15. The van der Waals surface area contributed by atoms with Gasteiger partial charge in [0.1, 0.15) is 0 Å². The summed E-state index contributed by atoms with van der Waals surface area (Å²) in [5, 5.41) is 36.8. The van der Waals surface area contributed by atoms with Crippen LogP contribution in [0.4, 0.5) is 0 Å². The SMILES string of the molecule is CC(C)(C)c1cccc(C(C)(C)C)c1[O-].CC(C)(C)c1cccc(C(C)(C)C)c1[O-].CC(C)(C)c1cccc(C(C)(C)C)c1[O-].[Y+3]. The van der Waals surface area contributed by atoms with Crippen LogP contribution in [-0.2, 0) is 65.2 Å². The molecule has 0 atom stereocenters. The third-order valence-electron chi connectivity index (χ3n) is 7.89. The molecule has 3 nitrogen and oxygen atoms in total. The number of hydrogen-bond donors (Lipinski definition) is 0. The molecular weight excluding hydrogens is 641 g/mol. The Kier molecular flexibility index (Phi) is 15.0. The van der Waals surface area contributed by atoms with Gasteiger partial charge in [0.05, 0.1) is 0 Å². The first-order valence-electron chi connectivity index (χ1n) is 16.3. The maximum atomic E-state index is 12.3. The van der Waals surface area contributed by atoms with E-state index in [0.717, 1.165) is 33.4 Å². The summed E-state index contributed by atoms with van der Waals surface area (Å²) in [6.07, 6.45) is 0. The molecule has 3 rings (SSSR count). The summed E-state index contributed by atoms with van der Waals surface area (Å²) >= 11 is 0. The number of benzene rings is 3. The van der Waals surface area contributed by atoms with Crippen molar-refractivity contribution >= 4 is 0 Å². The van der Waals surface area contributed by atoms with Crippen molar-refractivity contribution in [3.05, 3.63) is 88.0 Å². The summed E-state index contributed by atoms with van der Waals surface area (Å²) in [4.78, 5) is 0. The van der Waals surface area contributed by atoms with E-state index in [2.05, 4.69) is 125 Å². The zero-order chi connectivity index (χ0) is 35.6. The number of rotatable bonds is 0. The van der Waals surface area contributed by atoms with E-state index in [-0.39, 0.29) is 82.4 Å². The van der Waals surface area contributed by atoms with E-state index in [1.165, 1.54) is 0 Å². The maximum Gasteiger partial charge on any atom is 3.00 e. The van der Waals surface area contributed by atoms with E-state index >= 15 is 0 Å². The molecule has 4 heteroatoms. The average molecular weight is 705 g/mol. The van der Waals surface area contributed by atoms with E-state index < -0.39 is 0 Å². The second-order valence-electron chi connectivity index (χ2n) is 18.5. The Labute approximate surface area is 308 Å². The Balaban J connectivity index is 0.000000653. The first-order valence-corrected chi connectivity index (χ1v) is 16.3. The van der Waals surface area contributed by atoms with Gasteiger partial charge < -0.3 is 15.3 Å². The van der Waals surface area contributed by atoms with Crippen LogP contribution in [0.25, 0.3) is 0 Å². The summed E-state index contributed by atoms with van der Waals surface area (Å²) in [7, 11) is 0. The molecule has 0 saturated carbocycles. The van der Waals surface area contributed by atoms with Crippen molar-refractivity contribution in [2.24, 2.45) is 0 Å². The molecule has 3 aromatic carbocycles. The number of para-hydroxylation sites is 3. The van der Waals surface area contributed by atoms with Gasteiger partial charge in [0.2, 0.25) is 0 Å². The molecule has 0 aromatic heterocycles. The van der Waals surface area contributed by atoms with E-state index in [1.54, 1.807) is 0 Å². The van der Waals surface area contributed by atoms with Gasteiger partial charge in [-0.05, 0) is 32.5 Å². The minimum Gasteiger partial charge on any atom is -0.872 e. The molecule has 0 heterocycles. The molecule has 0 fully saturated rings. The van der Waals surface area contributed by atoms with Crippen LogP contribution < -0.4 is 15.3 Å². The van der Waals surface area contributed by atoms with Gasteiger partial charge in [0, 0.05) is 0 Å². The van der Waals surface area contributed by atoms with Crippen LogP contribution in [0.1, 0.15) is 158 Å². The maximum absolute atomic E-state index is 12.3. The van der Waals surface area contributed by atoms with Crippen molar-refractivity contribution in [2.75, 3.05) is 0 Å². The molecule has 0 radical (unpaired) electrons. The molecule has 0 amide bonds.